The second-order valence-corrected chi connectivity index (χ2v) is 13.4. The van der Waals surface area contributed by atoms with Crippen LogP contribution in [0.25, 0.3) is 0 Å². The van der Waals surface area contributed by atoms with Crippen LogP contribution in [0, 0.1) is 0 Å². The summed E-state index contributed by atoms with van der Waals surface area (Å²) in [6, 6.07) is 24.1. The van der Waals surface area contributed by atoms with Gasteiger partial charge in [0.25, 0.3) is 0 Å². The summed E-state index contributed by atoms with van der Waals surface area (Å²) in [6.45, 7) is 5.92. The molecule has 4 heterocycles. The van der Waals surface area contributed by atoms with E-state index in [1.165, 1.54) is 49.1 Å². The molecule has 0 bridgehead atoms. The lowest BCUT2D eigenvalue weighted by Crippen LogP contribution is -2.43. The molecular formula is C38H43N3O4. The summed E-state index contributed by atoms with van der Waals surface area (Å²) in [5, 5.41) is 9.46. The van der Waals surface area contributed by atoms with Crippen molar-refractivity contribution in [3.63, 3.8) is 0 Å². The highest BCUT2D eigenvalue weighted by molar-refractivity contribution is 6.00. The molecule has 7 heteroatoms. The number of benzene rings is 3. The Kier molecular flexibility index (Phi) is 7.90. The van der Waals surface area contributed by atoms with Crippen LogP contribution in [0.4, 0.5) is 16.2 Å². The van der Waals surface area contributed by atoms with Crippen LogP contribution in [0.5, 0.6) is 5.75 Å². The van der Waals surface area contributed by atoms with Crippen LogP contribution in [0.1, 0.15) is 92.1 Å². The van der Waals surface area contributed by atoms with Gasteiger partial charge >= 0.3 is 6.09 Å². The summed E-state index contributed by atoms with van der Waals surface area (Å²) in [5.41, 5.74) is 6.42. The largest absolute Gasteiger partial charge is 0.485 e. The van der Waals surface area contributed by atoms with Crippen molar-refractivity contribution < 1.29 is 19.1 Å². The molecule has 3 spiro atoms. The number of rotatable bonds is 0. The number of hydrogen-bond acceptors (Lipinski definition) is 6. The standard InChI is InChI=1S/C13H15NO2.C13H15N.C12H13NO2/c15-12-14-11-7-3-2-6-10(11)13(16-12)8-4-1-5-9-13;1-10-13(8-4-5-9-13)11-6-2-3-7-12(11)14-10;14-10-7-12(5-6-13-8-12)15-11-4-2-1-3-9(10)11/h2-3,6-7H,1,4-5,8-9H2,(H,14,15);2-3,6-7,14H,1,4-5,8-9H2;1-4,13H,5-8H2. The SMILES string of the molecule is C=C1Nc2ccccc2C12CCCC2.O=C1CC2(CCNC2)Oc2ccccc21.O=C1Nc2ccccc2C2(CCCCC2)O1. The molecule has 3 aromatic carbocycles. The molecule has 45 heavy (non-hydrogen) atoms. The Morgan fingerprint density at radius 2 is 1.31 bits per heavy atom. The molecule has 0 aromatic heterocycles. The highest BCUT2D eigenvalue weighted by Gasteiger charge is 2.45. The highest BCUT2D eigenvalue weighted by Crippen LogP contribution is 2.52. The van der Waals surface area contributed by atoms with Crippen molar-refractivity contribution in [2.24, 2.45) is 0 Å². The average Bonchev–Trinajstić information content (AvgIpc) is 3.79. The average molecular weight is 606 g/mol. The minimum atomic E-state index is -0.350. The molecule has 234 valence electrons. The van der Waals surface area contributed by atoms with Crippen LogP contribution in [0.2, 0.25) is 0 Å². The number of amides is 1. The summed E-state index contributed by atoms with van der Waals surface area (Å²) in [6.07, 6.45) is 11.8. The first-order chi connectivity index (χ1) is 21.9. The molecule has 7 nitrogen and oxygen atoms in total. The lowest BCUT2D eigenvalue weighted by Gasteiger charge is -2.41. The number of hydrogen-bond donors (Lipinski definition) is 3. The topological polar surface area (TPSA) is 88.7 Å². The van der Waals surface area contributed by atoms with Gasteiger partial charge in [0.2, 0.25) is 0 Å². The molecule has 1 amide bonds. The van der Waals surface area contributed by atoms with Gasteiger partial charge in [0.15, 0.2) is 5.78 Å². The summed E-state index contributed by atoms with van der Waals surface area (Å²) in [4.78, 5) is 23.5. The van der Waals surface area contributed by atoms with E-state index in [1.54, 1.807) is 0 Å². The maximum Gasteiger partial charge on any atom is 0.412 e. The zero-order valence-electron chi connectivity index (χ0n) is 26.0. The van der Waals surface area contributed by atoms with E-state index in [1.807, 2.05) is 42.5 Å². The predicted molar refractivity (Wildman–Crippen MR) is 177 cm³/mol. The van der Waals surface area contributed by atoms with E-state index >= 15 is 0 Å². The third-order valence-electron chi connectivity index (χ3n) is 10.6. The number of allylic oxidation sites excluding steroid dienone is 1. The Morgan fingerprint density at radius 1 is 0.667 bits per heavy atom. The van der Waals surface area contributed by atoms with Gasteiger partial charge < -0.3 is 20.1 Å². The van der Waals surface area contributed by atoms with Crippen molar-refractivity contribution in [1.82, 2.24) is 5.32 Å². The smallest absolute Gasteiger partial charge is 0.412 e. The van der Waals surface area contributed by atoms with Gasteiger partial charge in [0, 0.05) is 35.3 Å². The van der Waals surface area contributed by atoms with E-state index in [4.69, 9.17) is 9.47 Å². The Morgan fingerprint density at radius 3 is 2.04 bits per heavy atom. The third kappa shape index (κ3) is 5.52. The van der Waals surface area contributed by atoms with E-state index < -0.39 is 0 Å². The minimum Gasteiger partial charge on any atom is -0.485 e. The molecule has 4 aliphatic heterocycles. The first kappa shape index (κ1) is 29.6. The molecular weight excluding hydrogens is 562 g/mol. The molecule has 6 aliphatic rings. The van der Waals surface area contributed by atoms with Crippen molar-refractivity contribution in [2.75, 3.05) is 23.7 Å². The van der Waals surface area contributed by atoms with Crippen LogP contribution < -0.4 is 20.7 Å². The minimum absolute atomic E-state index is 0.209. The van der Waals surface area contributed by atoms with Gasteiger partial charge in [0.1, 0.15) is 17.0 Å². The first-order valence-corrected chi connectivity index (χ1v) is 16.6. The van der Waals surface area contributed by atoms with Crippen molar-refractivity contribution >= 4 is 23.3 Å². The Balaban J connectivity index is 0.000000109. The molecule has 1 unspecified atom stereocenters. The number of ketones is 1. The zero-order valence-corrected chi connectivity index (χ0v) is 26.0. The molecule has 1 saturated heterocycles. The number of carbonyl (C=O) groups is 2. The number of para-hydroxylation sites is 3. The maximum atomic E-state index is 11.9. The summed E-state index contributed by atoms with van der Waals surface area (Å²) in [7, 11) is 0. The van der Waals surface area contributed by atoms with E-state index in [-0.39, 0.29) is 28.5 Å². The molecule has 2 aliphatic carbocycles. The molecule has 1 atom stereocenters. The van der Waals surface area contributed by atoms with Crippen molar-refractivity contribution in [2.45, 2.75) is 87.2 Å². The third-order valence-corrected chi connectivity index (χ3v) is 10.6. The fourth-order valence-corrected chi connectivity index (χ4v) is 8.26. The number of ether oxygens (including phenoxy) is 2. The van der Waals surface area contributed by atoms with Gasteiger partial charge in [-0.3, -0.25) is 10.1 Å². The van der Waals surface area contributed by atoms with Crippen molar-refractivity contribution in [3.8, 4) is 5.75 Å². The maximum absolute atomic E-state index is 11.9. The van der Waals surface area contributed by atoms with E-state index in [2.05, 4.69) is 52.9 Å². The predicted octanol–water partition coefficient (Wildman–Crippen LogP) is 8.23. The Bertz CT molecular complexity index is 1600. The number of carbonyl (C=O) groups excluding carboxylic acids is 2. The summed E-state index contributed by atoms with van der Waals surface area (Å²) in [5.74, 6) is 0.956. The number of fused-ring (bicyclic) bond motifs is 5. The summed E-state index contributed by atoms with van der Waals surface area (Å²) < 4.78 is 11.6. The van der Waals surface area contributed by atoms with Crippen molar-refractivity contribution in [3.05, 3.63) is 102 Å². The fraction of sp³-hybridized carbons (Fsp3) is 0.421. The molecule has 3 aromatic rings. The van der Waals surface area contributed by atoms with Gasteiger partial charge in [-0.2, -0.15) is 0 Å². The second kappa shape index (κ2) is 12.0. The highest BCUT2D eigenvalue weighted by atomic mass is 16.6. The molecule has 0 radical (unpaired) electrons. The van der Waals surface area contributed by atoms with Crippen molar-refractivity contribution in [1.29, 1.82) is 0 Å². The van der Waals surface area contributed by atoms with Crippen LogP contribution in [0.15, 0.2) is 85.1 Å². The van der Waals surface area contributed by atoms with Gasteiger partial charge in [0.05, 0.1) is 17.7 Å². The lowest BCUT2D eigenvalue weighted by atomic mass is 9.78. The quantitative estimate of drug-likeness (QED) is 0.239. The van der Waals surface area contributed by atoms with Gasteiger partial charge in [-0.05, 0) is 74.9 Å². The number of Topliss-reactive ketones (excluding diaryl/α,β-unsaturated/α-hetero) is 1. The van der Waals surface area contributed by atoms with Crippen LogP contribution in [-0.4, -0.2) is 30.6 Å². The number of anilines is 2. The molecule has 3 fully saturated rings. The zero-order chi connectivity index (χ0) is 30.9. The van der Waals surface area contributed by atoms with Gasteiger partial charge in [-0.1, -0.05) is 74.4 Å². The van der Waals surface area contributed by atoms with Crippen LogP contribution in [-0.2, 0) is 15.8 Å². The molecule has 3 N–H and O–H groups in total. The second-order valence-electron chi connectivity index (χ2n) is 13.4. The van der Waals surface area contributed by atoms with Crippen LogP contribution in [0.3, 0.4) is 0 Å². The van der Waals surface area contributed by atoms with Gasteiger partial charge in [-0.15, -0.1) is 0 Å². The molecule has 9 rings (SSSR count). The molecule has 2 saturated carbocycles. The normalized spacial score (nSPS) is 24.5. The van der Waals surface area contributed by atoms with Gasteiger partial charge in [-0.25, -0.2) is 4.79 Å². The van der Waals surface area contributed by atoms with E-state index in [0.717, 1.165) is 67.8 Å². The van der Waals surface area contributed by atoms with E-state index in [9.17, 15) is 9.59 Å². The first-order valence-electron chi connectivity index (χ1n) is 16.6. The Hall–Kier alpha value is -4.10. The van der Waals surface area contributed by atoms with E-state index in [0.29, 0.717) is 6.42 Å². The number of nitrogens with one attached hydrogen (secondary N) is 3. The lowest BCUT2D eigenvalue weighted by molar-refractivity contribution is -0.0179. The Labute approximate surface area is 265 Å². The summed E-state index contributed by atoms with van der Waals surface area (Å²) >= 11 is 0. The van der Waals surface area contributed by atoms with Crippen LogP contribution >= 0.6 is 0 Å². The monoisotopic (exact) mass is 605 g/mol. The fourth-order valence-electron chi connectivity index (χ4n) is 8.26.